The smallest absolute Gasteiger partial charge is 0.182 e. The van der Waals surface area contributed by atoms with Gasteiger partial charge in [0.1, 0.15) is 11.8 Å². The molecule has 0 aromatic carbocycles. The zero-order chi connectivity index (χ0) is 12.2. The lowest BCUT2D eigenvalue weighted by molar-refractivity contribution is 0.491. The van der Waals surface area contributed by atoms with E-state index in [1.165, 1.54) is 38.5 Å². The normalized spacial score (nSPS) is 16.4. The molecule has 1 fully saturated rings. The minimum atomic E-state index is 0.725. The second-order valence-corrected chi connectivity index (χ2v) is 5.04. The lowest BCUT2D eigenvalue weighted by Gasteiger charge is -2.09. The van der Waals surface area contributed by atoms with Crippen LogP contribution in [0.2, 0.25) is 0 Å². The quantitative estimate of drug-likeness (QED) is 0.795. The Morgan fingerprint density at radius 2 is 2.11 bits per heavy atom. The van der Waals surface area contributed by atoms with E-state index < -0.39 is 0 Å². The molecule has 2 N–H and O–H groups in total. The largest absolute Gasteiger partial charge is 0.368 e. The van der Waals surface area contributed by atoms with Crippen molar-refractivity contribution in [1.82, 2.24) is 19.9 Å². The first-order valence-corrected chi connectivity index (χ1v) is 6.81. The fourth-order valence-corrected chi connectivity index (χ4v) is 2.80. The maximum Gasteiger partial charge on any atom is 0.182 e. The summed E-state index contributed by atoms with van der Waals surface area (Å²) in [5, 5.41) is 3.38. The molecular weight excluding hydrogens is 226 g/mol. The Morgan fingerprint density at radius 1 is 1.22 bits per heavy atom. The molecule has 0 atom stereocenters. The van der Waals surface area contributed by atoms with Gasteiger partial charge in [0.05, 0.1) is 6.33 Å². The molecule has 96 valence electrons. The molecule has 0 saturated heterocycles. The Kier molecular flexibility index (Phi) is 3.39. The van der Waals surface area contributed by atoms with Gasteiger partial charge in [0.15, 0.2) is 11.5 Å². The fourth-order valence-electron chi connectivity index (χ4n) is 2.80. The topological polar surface area (TPSA) is 66.5 Å². The van der Waals surface area contributed by atoms with Gasteiger partial charge in [-0.1, -0.05) is 25.7 Å². The van der Waals surface area contributed by atoms with E-state index in [-0.39, 0.29) is 0 Å². The van der Waals surface area contributed by atoms with Crippen LogP contribution in [0.3, 0.4) is 0 Å². The monoisotopic (exact) mass is 245 g/mol. The first-order valence-electron chi connectivity index (χ1n) is 6.81. The summed E-state index contributed by atoms with van der Waals surface area (Å²) >= 11 is 0. The van der Waals surface area contributed by atoms with Gasteiger partial charge in [-0.25, -0.2) is 15.0 Å². The minimum Gasteiger partial charge on any atom is -0.368 e. The molecule has 3 rings (SSSR count). The third-order valence-corrected chi connectivity index (χ3v) is 3.78. The van der Waals surface area contributed by atoms with Crippen molar-refractivity contribution in [2.45, 2.75) is 38.5 Å². The number of hydrogen-bond donors (Lipinski definition) is 2. The number of imidazole rings is 1. The maximum absolute atomic E-state index is 4.25. The summed E-state index contributed by atoms with van der Waals surface area (Å²) in [7, 11) is 0. The van der Waals surface area contributed by atoms with Gasteiger partial charge in [-0.3, -0.25) is 0 Å². The number of anilines is 1. The Balaban J connectivity index is 1.51. The Labute approximate surface area is 106 Å². The van der Waals surface area contributed by atoms with E-state index in [1.807, 2.05) is 0 Å². The van der Waals surface area contributed by atoms with Gasteiger partial charge in [0, 0.05) is 6.54 Å². The highest BCUT2D eigenvalue weighted by atomic mass is 15.1. The molecule has 0 unspecified atom stereocenters. The van der Waals surface area contributed by atoms with Crippen molar-refractivity contribution in [3.05, 3.63) is 12.7 Å². The summed E-state index contributed by atoms with van der Waals surface area (Å²) in [5.74, 6) is 1.83. The summed E-state index contributed by atoms with van der Waals surface area (Å²) in [4.78, 5) is 15.6. The van der Waals surface area contributed by atoms with Gasteiger partial charge < -0.3 is 10.3 Å². The summed E-state index contributed by atoms with van der Waals surface area (Å²) in [5.41, 5.74) is 1.63. The molecule has 18 heavy (non-hydrogen) atoms. The number of rotatable bonds is 5. The molecule has 0 aliphatic heterocycles. The molecule has 1 aliphatic rings. The van der Waals surface area contributed by atoms with Crippen molar-refractivity contribution in [2.24, 2.45) is 5.92 Å². The fraction of sp³-hybridized carbons (Fsp3) is 0.615. The predicted molar refractivity (Wildman–Crippen MR) is 71.4 cm³/mol. The van der Waals surface area contributed by atoms with Crippen LogP contribution in [0.5, 0.6) is 0 Å². The molecule has 5 heteroatoms. The second kappa shape index (κ2) is 5.33. The molecule has 0 bridgehead atoms. The zero-order valence-corrected chi connectivity index (χ0v) is 10.5. The molecule has 1 aliphatic carbocycles. The summed E-state index contributed by atoms with van der Waals surface area (Å²) in [6.07, 6.45) is 11.5. The molecule has 0 spiro atoms. The number of hydrogen-bond acceptors (Lipinski definition) is 4. The minimum absolute atomic E-state index is 0.725. The number of fused-ring (bicyclic) bond motifs is 1. The molecule has 0 amide bonds. The van der Waals surface area contributed by atoms with Crippen molar-refractivity contribution in [3.8, 4) is 0 Å². The van der Waals surface area contributed by atoms with Gasteiger partial charge in [-0.2, -0.15) is 0 Å². The van der Waals surface area contributed by atoms with E-state index in [9.17, 15) is 0 Å². The number of H-pyrrole nitrogens is 1. The van der Waals surface area contributed by atoms with E-state index in [1.54, 1.807) is 12.7 Å². The predicted octanol–water partition coefficient (Wildman–Crippen LogP) is 2.74. The number of aromatic nitrogens is 4. The molecule has 1 saturated carbocycles. The van der Waals surface area contributed by atoms with Crippen LogP contribution < -0.4 is 5.32 Å². The van der Waals surface area contributed by atoms with E-state index in [2.05, 4.69) is 25.3 Å². The molecule has 5 nitrogen and oxygen atoms in total. The highest BCUT2D eigenvalue weighted by molar-refractivity contribution is 5.81. The van der Waals surface area contributed by atoms with E-state index >= 15 is 0 Å². The molecule has 2 heterocycles. The van der Waals surface area contributed by atoms with Crippen LogP contribution in [-0.2, 0) is 0 Å². The van der Waals surface area contributed by atoms with Gasteiger partial charge in [-0.15, -0.1) is 0 Å². The Hall–Kier alpha value is -1.65. The van der Waals surface area contributed by atoms with Gasteiger partial charge in [0.25, 0.3) is 0 Å². The zero-order valence-electron chi connectivity index (χ0n) is 10.5. The summed E-state index contributed by atoms with van der Waals surface area (Å²) in [6, 6.07) is 0. The Morgan fingerprint density at radius 3 is 3.00 bits per heavy atom. The summed E-state index contributed by atoms with van der Waals surface area (Å²) in [6.45, 7) is 0.974. The van der Waals surface area contributed by atoms with Crippen LogP contribution in [0.4, 0.5) is 5.82 Å². The van der Waals surface area contributed by atoms with E-state index in [4.69, 9.17) is 0 Å². The molecule has 2 aromatic rings. The van der Waals surface area contributed by atoms with Crippen LogP contribution >= 0.6 is 0 Å². The molecule has 0 radical (unpaired) electrons. The maximum atomic E-state index is 4.25. The number of nitrogens with zero attached hydrogens (tertiary/aromatic N) is 3. The SMILES string of the molecule is c1nc(NCCCC2CCCC2)c2[nH]cnc2n1. The Bertz CT molecular complexity index is 501. The number of aromatic amines is 1. The van der Waals surface area contributed by atoms with Crippen LogP contribution in [0.15, 0.2) is 12.7 Å². The second-order valence-electron chi connectivity index (χ2n) is 5.04. The third-order valence-electron chi connectivity index (χ3n) is 3.78. The van der Waals surface area contributed by atoms with Crippen molar-refractivity contribution in [3.63, 3.8) is 0 Å². The van der Waals surface area contributed by atoms with Crippen molar-refractivity contribution < 1.29 is 0 Å². The van der Waals surface area contributed by atoms with Crippen LogP contribution in [0, 0.1) is 5.92 Å². The van der Waals surface area contributed by atoms with Gasteiger partial charge >= 0.3 is 0 Å². The van der Waals surface area contributed by atoms with Crippen molar-refractivity contribution in [2.75, 3.05) is 11.9 Å². The van der Waals surface area contributed by atoms with Gasteiger partial charge in [0.2, 0.25) is 0 Å². The van der Waals surface area contributed by atoms with E-state index in [0.717, 1.165) is 29.4 Å². The van der Waals surface area contributed by atoms with Crippen LogP contribution in [-0.4, -0.2) is 26.5 Å². The average Bonchev–Trinajstić information content (AvgIpc) is 3.05. The molecule has 2 aromatic heterocycles. The van der Waals surface area contributed by atoms with E-state index in [0.29, 0.717) is 0 Å². The van der Waals surface area contributed by atoms with Crippen LogP contribution in [0.1, 0.15) is 38.5 Å². The standard InChI is InChI=1S/C13H19N5/c1-2-5-10(4-1)6-3-7-14-12-11-13(16-8-15-11)18-9-17-12/h8-10H,1-7H2,(H2,14,15,16,17,18). The first-order chi connectivity index (χ1) is 8.93. The lowest BCUT2D eigenvalue weighted by atomic mass is 10.0. The third kappa shape index (κ3) is 2.44. The lowest BCUT2D eigenvalue weighted by Crippen LogP contribution is -2.06. The summed E-state index contributed by atoms with van der Waals surface area (Å²) < 4.78 is 0. The average molecular weight is 245 g/mol. The van der Waals surface area contributed by atoms with Crippen molar-refractivity contribution in [1.29, 1.82) is 0 Å². The molecular formula is C13H19N5. The first kappa shape index (κ1) is 11.4. The highest BCUT2D eigenvalue weighted by Gasteiger charge is 2.14. The number of nitrogens with one attached hydrogen (secondary N) is 2. The van der Waals surface area contributed by atoms with Crippen LogP contribution in [0.25, 0.3) is 11.2 Å². The van der Waals surface area contributed by atoms with Crippen molar-refractivity contribution >= 4 is 17.0 Å². The van der Waals surface area contributed by atoms with Gasteiger partial charge in [-0.05, 0) is 18.8 Å². The highest BCUT2D eigenvalue weighted by Crippen LogP contribution is 2.28.